The molecule has 2 aromatic heterocycles. The maximum atomic E-state index is 12.2. The summed E-state index contributed by atoms with van der Waals surface area (Å²) in [7, 11) is 0. The first-order chi connectivity index (χ1) is 16.1. The van der Waals surface area contributed by atoms with Gasteiger partial charge in [-0.2, -0.15) is 5.10 Å². The molecule has 1 N–H and O–H groups in total. The van der Waals surface area contributed by atoms with E-state index in [0.29, 0.717) is 16.9 Å². The van der Waals surface area contributed by atoms with E-state index in [-0.39, 0.29) is 6.61 Å². The van der Waals surface area contributed by atoms with E-state index in [1.165, 1.54) is 6.08 Å². The Morgan fingerprint density at radius 2 is 1.82 bits per heavy atom. The van der Waals surface area contributed by atoms with Crippen LogP contribution in [-0.2, 0) is 14.3 Å². The smallest absolute Gasteiger partial charge is 0.331 e. The number of nitrogens with one attached hydrogen (secondary N) is 1. The van der Waals surface area contributed by atoms with Crippen molar-refractivity contribution >= 4 is 23.6 Å². The van der Waals surface area contributed by atoms with Crippen LogP contribution in [0.25, 0.3) is 23.0 Å². The van der Waals surface area contributed by atoms with E-state index in [0.717, 1.165) is 16.8 Å². The van der Waals surface area contributed by atoms with Crippen LogP contribution in [0.2, 0.25) is 0 Å². The normalized spacial score (nSPS) is 10.8. The van der Waals surface area contributed by atoms with Gasteiger partial charge in [0.15, 0.2) is 6.61 Å². The van der Waals surface area contributed by atoms with Crippen molar-refractivity contribution in [1.82, 2.24) is 14.8 Å². The van der Waals surface area contributed by atoms with Gasteiger partial charge in [0.25, 0.3) is 5.91 Å². The van der Waals surface area contributed by atoms with Crippen LogP contribution in [0.15, 0.2) is 91.4 Å². The minimum atomic E-state index is -0.625. The number of pyridine rings is 1. The molecule has 33 heavy (non-hydrogen) atoms. The van der Waals surface area contributed by atoms with E-state index in [1.807, 2.05) is 73.8 Å². The van der Waals surface area contributed by atoms with Gasteiger partial charge in [-0.3, -0.25) is 9.78 Å². The molecule has 0 saturated carbocycles. The summed E-state index contributed by atoms with van der Waals surface area (Å²) in [6.45, 7) is 1.51. The molecular formula is C26H22N4O3. The number of rotatable bonds is 7. The number of nitrogens with zero attached hydrogens (tertiary/aromatic N) is 3. The van der Waals surface area contributed by atoms with Crippen molar-refractivity contribution in [3.05, 3.63) is 103 Å². The Morgan fingerprint density at radius 1 is 1.03 bits per heavy atom. The maximum Gasteiger partial charge on any atom is 0.331 e. The van der Waals surface area contributed by atoms with Gasteiger partial charge >= 0.3 is 5.97 Å². The first-order valence-electron chi connectivity index (χ1n) is 10.4. The number of anilines is 1. The molecule has 7 nitrogen and oxygen atoms in total. The molecule has 0 bridgehead atoms. The van der Waals surface area contributed by atoms with Crippen molar-refractivity contribution in [2.75, 3.05) is 11.9 Å². The second-order valence-electron chi connectivity index (χ2n) is 7.26. The fourth-order valence-electron chi connectivity index (χ4n) is 3.19. The average molecular weight is 438 g/mol. The van der Waals surface area contributed by atoms with Crippen molar-refractivity contribution in [2.24, 2.45) is 0 Å². The van der Waals surface area contributed by atoms with Crippen molar-refractivity contribution in [2.45, 2.75) is 6.92 Å². The van der Waals surface area contributed by atoms with Gasteiger partial charge in [0.1, 0.15) is 5.69 Å². The largest absolute Gasteiger partial charge is 0.452 e. The fraction of sp³-hybridized carbons (Fsp3) is 0.0769. The highest BCUT2D eigenvalue weighted by molar-refractivity contribution is 5.95. The summed E-state index contributed by atoms with van der Waals surface area (Å²) in [4.78, 5) is 28.5. The maximum absolute atomic E-state index is 12.2. The quantitative estimate of drug-likeness (QED) is 0.341. The Morgan fingerprint density at radius 3 is 2.58 bits per heavy atom. The van der Waals surface area contributed by atoms with E-state index < -0.39 is 11.9 Å². The fourth-order valence-corrected chi connectivity index (χ4v) is 3.19. The Labute approximate surface area is 191 Å². The van der Waals surface area contributed by atoms with Crippen LogP contribution >= 0.6 is 0 Å². The van der Waals surface area contributed by atoms with Gasteiger partial charge in [0.2, 0.25) is 0 Å². The highest BCUT2D eigenvalue weighted by atomic mass is 16.5. The van der Waals surface area contributed by atoms with Gasteiger partial charge in [0.05, 0.1) is 5.69 Å². The number of carbonyl (C=O) groups is 2. The standard InChI is InChI=1S/C26H22N4O3/c1-19-8-5-6-12-23(19)28-24(31)18-33-25(32)14-13-21-17-30(22-10-3-2-4-11-22)29-26(21)20-9-7-15-27-16-20/h2-17H,18H2,1H3,(H,28,31)/b14-13+. The van der Waals surface area contributed by atoms with Crippen LogP contribution in [0.3, 0.4) is 0 Å². The number of hydrogen-bond acceptors (Lipinski definition) is 5. The van der Waals surface area contributed by atoms with E-state index in [9.17, 15) is 9.59 Å². The summed E-state index contributed by atoms with van der Waals surface area (Å²) in [6, 6.07) is 20.8. The van der Waals surface area contributed by atoms with E-state index in [2.05, 4.69) is 15.4 Å². The first-order valence-corrected chi connectivity index (χ1v) is 10.4. The number of aromatic nitrogens is 3. The molecule has 0 fully saturated rings. The highest BCUT2D eigenvalue weighted by Gasteiger charge is 2.12. The van der Waals surface area contributed by atoms with E-state index in [1.54, 1.807) is 29.2 Å². The number of hydrogen-bond donors (Lipinski definition) is 1. The van der Waals surface area contributed by atoms with Gasteiger partial charge in [-0.15, -0.1) is 0 Å². The molecule has 0 atom stereocenters. The lowest BCUT2D eigenvalue weighted by Gasteiger charge is -2.07. The van der Waals surface area contributed by atoms with Gasteiger partial charge < -0.3 is 10.1 Å². The Balaban J connectivity index is 1.46. The second-order valence-corrected chi connectivity index (χ2v) is 7.26. The summed E-state index contributed by atoms with van der Waals surface area (Å²) >= 11 is 0. The Hall–Kier alpha value is -4.52. The van der Waals surface area contributed by atoms with Crippen LogP contribution in [-0.4, -0.2) is 33.2 Å². The zero-order valence-corrected chi connectivity index (χ0v) is 18.0. The molecule has 0 aliphatic rings. The summed E-state index contributed by atoms with van der Waals surface area (Å²) in [5.74, 6) is -1.03. The van der Waals surface area contributed by atoms with Gasteiger partial charge in [0, 0.05) is 41.5 Å². The molecule has 0 radical (unpaired) electrons. The number of aryl methyl sites for hydroxylation is 1. The topological polar surface area (TPSA) is 86.1 Å². The van der Waals surface area contributed by atoms with Crippen molar-refractivity contribution in [1.29, 1.82) is 0 Å². The van der Waals surface area contributed by atoms with Crippen molar-refractivity contribution in [3.8, 4) is 16.9 Å². The molecule has 2 heterocycles. The number of esters is 1. The third kappa shape index (κ3) is 5.59. The first kappa shape index (κ1) is 21.7. The summed E-state index contributed by atoms with van der Waals surface area (Å²) in [5, 5.41) is 7.40. The van der Waals surface area contributed by atoms with Gasteiger partial charge in [-0.25, -0.2) is 9.48 Å². The summed E-state index contributed by atoms with van der Waals surface area (Å²) in [5.41, 5.74) is 4.70. The number of para-hydroxylation sites is 2. The molecule has 0 unspecified atom stereocenters. The molecule has 0 aliphatic carbocycles. The van der Waals surface area contributed by atoms with Crippen LogP contribution in [0.1, 0.15) is 11.1 Å². The SMILES string of the molecule is Cc1ccccc1NC(=O)COC(=O)/C=C/c1cn(-c2ccccc2)nc1-c1cccnc1. The zero-order chi connectivity index (χ0) is 23.0. The number of benzene rings is 2. The predicted octanol–water partition coefficient (Wildman–Crippen LogP) is 4.44. The highest BCUT2D eigenvalue weighted by Crippen LogP contribution is 2.24. The van der Waals surface area contributed by atoms with Crippen LogP contribution in [0.5, 0.6) is 0 Å². The Kier molecular flexibility index (Phi) is 6.70. The number of carbonyl (C=O) groups excluding carboxylic acids is 2. The van der Waals surface area contributed by atoms with Crippen LogP contribution < -0.4 is 5.32 Å². The van der Waals surface area contributed by atoms with E-state index >= 15 is 0 Å². The minimum absolute atomic E-state index is 0.379. The molecule has 4 rings (SSSR count). The zero-order valence-electron chi connectivity index (χ0n) is 18.0. The molecule has 0 spiro atoms. The summed E-state index contributed by atoms with van der Waals surface area (Å²) in [6.07, 6.45) is 8.13. The lowest BCUT2D eigenvalue weighted by Crippen LogP contribution is -2.20. The summed E-state index contributed by atoms with van der Waals surface area (Å²) < 4.78 is 6.84. The second kappa shape index (κ2) is 10.2. The van der Waals surface area contributed by atoms with E-state index in [4.69, 9.17) is 4.74 Å². The van der Waals surface area contributed by atoms with Gasteiger partial charge in [-0.1, -0.05) is 36.4 Å². The molecule has 7 heteroatoms. The van der Waals surface area contributed by atoms with Crippen molar-refractivity contribution in [3.63, 3.8) is 0 Å². The third-order valence-corrected chi connectivity index (χ3v) is 4.86. The molecule has 1 amide bonds. The minimum Gasteiger partial charge on any atom is -0.452 e. The molecule has 0 saturated heterocycles. The van der Waals surface area contributed by atoms with Gasteiger partial charge in [-0.05, 0) is 48.9 Å². The molecule has 0 aliphatic heterocycles. The average Bonchev–Trinajstić information content (AvgIpc) is 3.28. The molecule has 2 aromatic carbocycles. The predicted molar refractivity (Wildman–Crippen MR) is 127 cm³/mol. The van der Waals surface area contributed by atoms with Crippen LogP contribution in [0.4, 0.5) is 5.69 Å². The monoisotopic (exact) mass is 438 g/mol. The molecular weight excluding hydrogens is 416 g/mol. The lowest BCUT2D eigenvalue weighted by molar-refractivity contribution is -0.142. The molecule has 4 aromatic rings. The van der Waals surface area contributed by atoms with Crippen molar-refractivity contribution < 1.29 is 14.3 Å². The lowest BCUT2D eigenvalue weighted by atomic mass is 10.1. The molecule has 164 valence electrons. The van der Waals surface area contributed by atoms with Crippen LogP contribution in [0, 0.1) is 6.92 Å². The third-order valence-electron chi connectivity index (χ3n) is 4.86. The Bertz CT molecular complexity index is 1280. The number of amides is 1. The number of ether oxygens (including phenoxy) is 1.